The summed E-state index contributed by atoms with van der Waals surface area (Å²) >= 11 is 0. The second kappa shape index (κ2) is 6.66. The molecular formula is C17H22FN3. The monoisotopic (exact) mass is 287 g/mol. The molecule has 112 valence electrons. The molecule has 0 amide bonds. The lowest BCUT2D eigenvalue weighted by atomic mass is 9.98. The van der Waals surface area contributed by atoms with Crippen LogP contribution in [0.25, 0.3) is 11.3 Å². The van der Waals surface area contributed by atoms with Crippen molar-refractivity contribution in [2.24, 2.45) is 0 Å². The highest BCUT2D eigenvalue weighted by Crippen LogP contribution is 2.31. The number of halogens is 1. The predicted octanol–water partition coefficient (Wildman–Crippen LogP) is 4.28. The number of hydrogen-bond acceptors (Lipinski definition) is 3. The van der Waals surface area contributed by atoms with Crippen LogP contribution in [0.5, 0.6) is 0 Å². The summed E-state index contributed by atoms with van der Waals surface area (Å²) in [6, 6.07) is 3.54. The van der Waals surface area contributed by atoms with Crippen molar-refractivity contribution in [1.29, 1.82) is 0 Å². The minimum Gasteiger partial charge on any atom is -0.370 e. The van der Waals surface area contributed by atoms with Gasteiger partial charge in [-0.1, -0.05) is 19.9 Å². The molecule has 4 heteroatoms. The Kier molecular flexibility index (Phi) is 4.89. The van der Waals surface area contributed by atoms with Gasteiger partial charge in [0.05, 0.1) is 5.69 Å². The average Bonchev–Trinajstić information content (AvgIpc) is 2.44. The van der Waals surface area contributed by atoms with Crippen LogP contribution in [0.3, 0.4) is 0 Å². The molecule has 2 aromatic rings. The normalized spacial score (nSPS) is 10.7. The first-order valence-corrected chi connectivity index (χ1v) is 7.43. The van der Waals surface area contributed by atoms with Crippen molar-refractivity contribution in [3.05, 3.63) is 41.0 Å². The maximum Gasteiger partial charge on any atom is 0.133 e. The van der Waals surface area contributed by atoms with Crippen LogP contribution >= 0.6 is 0 Å². The molecule has 0 aliphatic carbocycles. The molecule has 0 saturated carbocycles. The second-order valence-electron chi connectivity index (χ2n) is 5.27. The summed E-state index contributed by atoms with van der Waals surface area (Å²) in [7, 11) is 0. The van der Waals surface area contributed by atoms with Gasteiger partial charge in [-0.2, -0.15) is 0 Å². The van der Waals surface area contributed by atoms with Crippen molar-refractivity contribution < 1.29 is 4.39 Å². The Balaban J connectivity index is 2.59. The standard InChI is InChI=1S/C17H22FN3/c1-5-7-19-17-13(6-2)16(20-10-21-17)15-12(4)8-11(3)9-14(15)18/h8-10H,5-7H2,1-4H3,(H,19,20,21). The molecule has 2 rings (SSSR count). The average molecular weight is 287 g/mol. The van der Waals surface area contributed by atoms with Gasteiger partial charge >= 0.3 is 0 Å². The molecule has 0 radical (unpaired) electrons. The minimum absolute atomic E-state index is 0.220. The van der Waals surface area contributed by atoms with E-state index >= 15 is 0 Å². The Hall–Kier alpha value is -1.97. The van der Waals surface area contributed by atoms with Gasteiger partial charge in [0.25, 0.3) is 0 Å². The van der Waals surface area contributed by atoms with E-state index in [0.29, 0.717) is 11.3 Å². The van der Waals surface area contributed by atoms with Gasteiger partial charge in [-0.15, -0.1) is 0 Å². The van der Waals surface area contributed by atoms with E-state index in [1.807, 2.05) is 26.8 Å². The molecular weight excluding hydrogens is 265 g/mol. The highest BCUT2D eigenvalue weighted by atomic mass is 19.1. The first kappa shape index (κ1) is 15.4. The lowest BCUT2D eigenvalue weighted by molar-refractivity contribution is 0.628. The summed E-state index contributed by atoms with van der Waals surface area (Å²) in [4.78, 5) is 8.65. The van der Waals surface area contributed by atoms with Crippen molar-refractivity contribution in [1.82, 2.24) is 9.97 Å². The third-order valence-corrected chi connectivity index (χ3v) is 3.51. The molecule has 0 unspecified atom stereocenters. The Morgan fingerprint density at radius 3 is 2.52 bits per heavy atom. The molecule has 0 aliphatic heterocycles. The first-order valence-electron chi connectivity index (χ1n) is 7.43. The molecule has 1 heterocycles. The fourth-order valence-electron chi connectivity index (χ4n) is 2.57. The number of aryl methyl sites for hydroxylation is 2. The fraction of sp³-hybridized carbons (Fsp3) is 0.412. The van der Waals surface area contributed by atoms with E-state index in [1.54, 1.807) is 6.07 Å². The van der Waals surface area contributed by atoms with E-state index in [1.165, 1.54) is 6.33 Å². The van der Waals surface area contributed by atoms with Gasteiger partial charge in [0.2, 0.25) is 0 Å². The maximum atomic E-state index is 14.4. The Bertz CT molecular complexity index is 615. The molecule has 1 N–H and O–H groups in total. The summed E-state index contributed by atoms with van der Waals surface area (Å²) in [5, 5.41) is 3.30. The maximum absolute atomic E-state index is 14.4. The topological polar surface area (TPSA) is 37.8 Å². The number of benzene rings is 1. The lowest BCUT2D eigenvalue weighted by Crippen LogP contribution is -2.08. The van der Waals surface area contributed by atoms with Gasteiger partial charge in [-0.25, -0.2) is 14.4 Å². The van der Waals surface area contributed by atoms with Crippen molar-refractivity contribution in [2.75, 3.05) is 11.9 Å². The van der Waals surface area contributed by atoms with Crippen molar-refractivity contribution >= 4 is 5.82 Å². The zero-order valence-corrected chi connectivity index (χ0v) is 13.1. The van der Waals surface area contributed by atoms with Crippen LogP contribution in [0.1, 0.15) is 37.0 Å². The Morgan fingerprint density at radius 1 is 1.14 bits per heavy atom. The van der Waals surface area contributed by atoms with E-state index in [-0.39, 0.29) is 5.82 Å². The van der Waals surface area contributed by atoms with Crippen molar-refractivity contribution in [2.45, 2.75) is 40.5 Å². The molecule has 0 bridgehead atoms. The Labute approximate surface area is 125 Å². The van der Waals surface area contributed by atoms with Crippen LogP contribution in [0.15, 0.2) is 18.5 Å². The van der Waals surface area contributed by atoms with Crippen LogP contribution in [-0.4, -0.2) is 16.5 Å². The highest BCUT2D eigenvalue weighted by molar-refractivity contribution is 5.71. The van der Waals surface area contributed by atoms with Crippen LogP contribution in [0.2, 0.25) is 0 Å². The molecule has 0 atom stereocenters. The quantitative estimate of drug-likeness (QED) is 0.891. The van der Waals surface area contributed by atoms with Crippen LogP contribution in [0.4, 0.5) is 10.2 Å². The lowest BCUT2D eigenvalue weighted by Gasteiger charge is -2.15. The zero-order chi connectivity index (χ0) is 15.4. The number of rotatable bonds is 5. The van der Waals surface area contributed by atoms with Gasteiger partial charge in [0.1, 0.15) is 18.0 Å². The molecule has 0 spiro atoms. The van der Waals surface area contributed by atoms with Crippen molar-refractivity contribution in [3.8, 4) is 11.3 Å². The Morgan fingerprint density at radius 2 is 1.90 bits per heavy atom. The van der Waals surface area contributed by atoms with Gasteiger partial charge < -0.3 is 5.32 Å². The number of nitrogens with one attached hydrogen (secondary N) is 1. The van der Waals surface area contributed by atoms with Crippen LogP contribution in [-0.2, 0) is 6.42 Å². The largest absolute Gasteiger partial charge is 0.370 e. The summed E-state index contributed by atoms with van der Waals surface area (Å²) in [5.74, 6) is 0.589. The van der Waals surface area contributed by atoms with Gasteiger partial charge in [0, 0.05) is 17.7 Å². The summed E-state index contributed by atoms with van der Waals surface area (Å²) in [6.07, 6.45) is 3.28. The summed E-state index contributed by atoms with van der Waals surface area (Å²) < 4.78 is 14.4. The van der Waals surface area contributed by atoms with Crippen molar-refractivity contribution in [3.63, 3.8) is 0 Å². The third kappa shape index (κ3) is 3.20. The van der Waals surface area contributed by atoms with E-state index in [9.17, 15) is 4.39 Å². The SMILES string of the molecule is CCCNc1ncnc(-c2c(C)cc(C)cc2F)c1CC. The minimum atomic E-state index is -0.220. The smallest absolute Gasteiger partial charge is 0.133 e. The molecule has 1 aromatic heterocycles. The van der Waals surface area contributed by atoms with E-state index in [0.717, 1.165) is 41.9 Å². The summed E-state index contributed by atoms with van der Waals surface area (Å²) in [6.45, 7) is 8.81. The predicted molar refractivity (Wildman–Crippen MR) is 85.1 cm³/mol. The fourth-order valence-corrected chi connectivity index (χ4v) is 2.57. The molecule has 3 nitrogen and oxygen atoms in total. The van der Waals surface area contributed by atoms with Gasteiger partial charge in [0.15, 0.2) is 0 Å². The van der Waals surface area contributed by atoms with E-state index in [2.05, 4.69) is 22.2 Å². The van der Waals surface area contributed by atoms with Crippen LogP contribution in [0, 0.1) is 19.7 Å². The number of anilines is 1. The first-order chi connectivity index (χ1) is 10.1. The number of nitrogens with zero attached hydrogens (tertiary/aromatic N) is 2. The second-order valence-corrected chi connectivity index (χ2v) is 5.27. The molecule has 0 saturated heterocycles. The molecule has 21 heavy (non-hydrogen) atoms. The summed E-state index contributed by atoms with van der Waals surface area (Å²) in [5.41, 5.74) is 4.07. The number of aromatic nitrogens is 2. The van der Waals surface area contributed by atoms with Crippen LogP contribution < -0.4 is 5.32 Å². The van der Waals surface area contributed by atoms with Gasteiger partial charge in [-0.05, 0) is 43.9 Å². The zero-order valence-electron chi connectivity index (χ0n) is 13.1. The highest BCUT2D eigenvalue weighted by Gasteiger charge is 2.17. The molecule has 1 aromatic carbocycles. The van der Waals surface area contributed by atoms with E-state index < -0.39 is 0 Å². The third-order valence-electron chi connectivity index (χ3n) is 3.51. The van der Waals surface area contributed by atoms with Gasteiger partial charge in [-0.3, -0.25) is 0 Å². The number of hydrogen-bond donors (Lipinski definition) is 1. The molecule has 0 aliphatic rings. The van der Waals surface area contributed by atoms with E-state index in [4.69, 9.17) is 0 Å². The molecule has 0 fully saturated rings.